The van der Waals surface area contributed by atoms with E-state index in [0.717, 1.165) is 49.3 Å². The second-order valence-electron chi connectivity index (χ2n) is 7.95. The van der Waals surface area contributed by atoms with E-state index in [-0.39, 0.29) is 6.04 Å². The number of hydrogen-bond acceptors (Lipinski definition) is 5. The normalized spacial score (nSPS) is 16.1. The molecule has 3 rings (SSSR count). The molecule has 30 heavy (non-hydrogen) atoms. The maximum absolute atomic E-state index is 5.65. The Morgan fingerprint density at radius 1 is 1.23 bits per heavy atom. The molecule has 7 heteroatoms. The predicted molar refractivity (Wildman–Crippen MR) is 120 cm³/mol. The van der Waals surface area contributed by atoms with Crippen LogP contribution in [0.3, 0.4) is 0 Å². The molecule has 1 aromatic carbocycles. The quantitative estimate of drug-likeness (QED) is 0.482. The molecule has 0 spiro atoms. The van der Waals surface area contributed by atoms with Crippen LogP contribution in [0.15, 0.2) is 39.8 Å². The minimum atomic E-state index is 0.227. The highest BCUT2D eigenvalue weighted by Gasteiger charge is 2.26. The Morgan fingerprint density at radius 2 is 2.00 bits per heavy atom. The zero-order valence-corrected chi connectivity index (χ0v) is 18.6. The molecule has 0 aliphatic carbocycles. The fourth-order valence-corrected chi connectivity index (χ4v) is 3.80. The van der Waals surface area contributed by atoms with Crippen molar-refractivity contribution in [3.8, 4) is 5.75 Å². The van der Waals surface area contributed by atoms with Crippen LogP contribution in [0.25, 0.3) is 0 Å². The van der Waals surface area contributed by atoms with Crippen molar-refractivity contribution in [2.75, 3.05) is 33.3 Å². The standard InChI is InChI=1S/C23H35N5O2/c1-5-24-23(25-15-18-14-20(17(2)3)27-30-18)26-16-21(28-12-8-9-13-28)19-10-6-7-11-22(19)29-4/h6-7,10-11,14,17,21H,5,8-9,12-13,15-16H2,1-4H3,(H2,24,25,26). The summed E-state index contributed by atoms with van der Waals surface area (Å²) in [6.45, 7) is 10.5. The van der Waals surface area contributed by atoms with E-state index in [2.05, 4.69) is 53.6 Å². The Hall–Kier alpha value is -2.54. The van der Waals surface area contributed by atoms with E-state index in [0.29, 0.717) is 12.5 Å². The van der Waals surface area contributed by atoms with Gasteiger partial charge in [0.25, 0.3) is 0 Å². The van der Waals surface area contributed by atoms with Crippen LogP contribution in [-0.2, 0) is 6.54 Å². The Kier molecular flexibility index (Phi) is 8.13. The number of nitrogens with one attached hydrogen (secondary N) is 2. The molecule has 0 saturated carbocycles. The largest absolute Gasteiger partial charge is 0.496 e. The Morgan fingerprint density at radius 3 is 2.67 bits per heavy atom. The zero-order valence-electron chi connectivity index (χ0n) is 18.6. The molecule has 1 fully saturated rings. The van der Waals surface area contributed by atoms with Crippen LogP contribution >= 0.6 is 0 Å². The molecule has 1 aliphatic rings. The number of nitrogens with zero attached hydrogens (tertiary/aromatic N) is 3. The molecule has 164 valence electrons. The lowest BCUT2D eigenvalue weighted by atomic mass is 10.0. The fourth-order valence-electron chi connectivity index (χ4n) is 3.80. The lowest BCUT2D eigenvalue weighted by Crippen LogP contribution is -2.42. The topological polar surface area (TPSA) is 74.9 Å². The molecule has 1 saturated heterocycles. The van der Waals surface area contributed by atoms with Gasteiger partial charge in [0, 0.05) is 24.7 Å². The van der Waals surface area contributed by atoms with E-state index in [9.17, 15) is 0 Å². The third kappa shape index (κ3) is 5.75. The summed E-state index contributed by atoms with van der Waals surface area (Å²) in [6.07, 6.45) is 2.48. The van der Waals surface area contributed by atoms with E-state index in [1.54, 1.807) is 7.11 Å². The van der Waals surface area contributed by atoms with E-state index < -0.39 is 0 Å². The van der Waals surface area contributed by atoms with Crippen LogP contribution in [0.5, 0.6) is 5.75 Å². The van der Waals surface area contributed by atoms with Gasteiger partial charge in [-0.1, -0.05) is 37.2 Å². The number of para-hydroxylation sites is 1. The third-order valence-electron chi connectivity index (χ3n) is 5.45. The summed E-state index contributed by atoms with van der Waals surface area (Å²) >= 11 is 0. The van der Waals surface area contributed by atoms with Gasteiger partial charge < -0.3 is 19.9 Å². The molecule has 0 radical (unpaired) electrons. The third-order valence-corrected chi connectivity index (χ3v) is 5.45. The van der Waals surface area contributed by atoms with Crippen molar-refractivity contribution in [1.29, 1.82) is 0 Å². The summed E-state index contributed by atoms with van der Waals surface area (Å²) in [5.41, 5.74) is 2.17. The van der Waals surface area contributed by atoms with E-state index >= 15 is 0 Å². The van der Waals surface area contributed by atoms with Crippen LogP contribution < -0.4 is 15.4 Å². The maximum Gasteiger partial charge on any atom is 0.191 e. The van der Waals surface area contributed by atoms with Gasteiger partial charge in [0.05, 0.1) is 18.8 Å². The van der Waals surface area contributed by atoms with Crippen molar-refractivity contribution in [3.63, 3.8) is 0 Å². The number of benzene rings is 1. The number of aliphatic imine (C=N–C) groups is 1. The van der Waals surface area contributed by atoms with Gasteiger partial charge in [-0.05, 0) is 44.8 Å². The highest BCUT2D eigenvalue weighted by atomic mass is 16.5. The number of rotatable bonds is 9. The van der Waals surface area contributed by atoms with Gasteiger partial charge in [0.2, 0.25) is 0 Å². The van der Waals surface area contributed by atoms with E-state index in [4.69, 9.17) is 14.3 Å². The maximum atomic E-state index is 5.65. The number of likely N-dealkylation sites (tertiary alicyclic amines) is 1. The van der Waals surface area contributed by atoms with Gasteiger partial charge in [-0.15, -0.1) is 0 Å². The first kappa shape index (κ1) is 22.2. The molecule has 1 aromatic heterocycles. The summed E-state index contributed by atoms with van der Waals surface area (Å²) in [4.78, 5) is 7.23. The molecular weight excluding hydrogens is 378 g/mol. The highest BCUT2D eigenvalue weighted by Crippen LogP contribution is 2.31. The van der Waals surface area contributed by atoms with Gasteiger partial charge >= 0.3 is 0 Å². The number of hydrogen-bond donors (Lipinski definition) is 2. The van der Waals surface area contributed by atoms with Gasteiger partial charge in [0.15, 0.2) is 11.7 Å². The number of ether oxygens (including phenoxy) is 1. The first-order chi connectivity index (χ1) is 14.6. The second kappa shape index (κ2) is 11.0. The molecular formula is C23H35N5O2. The zero-order chi connectivity index (χ0) is 21.3. The van der Waals surface area contributed by atoms with E-state index in [1.165, 1.54) is 18.4 Å². The Labute approximate surface area is 179 Å². The second-order valence-corrected chi connectivity index (χ2v) is 7.95. The SMILES string of the molecule is CCNC(=NCc1cc(C(C)C)no1)NCC(c1ccccc1OC)N1CCCC1. The van der Waals surface area contributed by atoms with Crippen LogP contribution in [0.1, 0.15) is 62.6 Å². The van der Waals surface area contributed by atoms with Crippen LogP contribution in [0, 0.1) is 0 Å². The molecule has 2 heterocycles. The molecule has 1 atom stereocenters. The Bertz CT molecular complexity index is 811. The lowest BCUT2D eigenvalue weighted by molar-refractivity contribution is 0.239. The van der Waals surface area contributed by atoms with Crippen molar-refractivity contribution in [1.82, 2.24) is 20.7 Å². The first-order valence-electron chi connectivity index (χ1n) is 11.0. The average molecular weight is 414 g/mol. The highest BCUT2D eigenvalue weighted by molar-refractivity contribution is 5.79. The molecule has 1 unspecified atom stereocenters. The first-order valence-corrected chi connectivity index (χ1v) is 11.0. The average Bonchev–Trinajstić information content (AvgIpc) is 3.45. The summed E-state index contributed by atoms with van der Waals surface area (Å²) in [5.74, 6) is 2.83. The monoisotopic (exact) mass is 413 g/mol. The summed E-state index contributed by atoms with van der Waals surface area (Å²) in [5, 5.41) is 11.0. The van der Waals surface area contributed by atoms with Crippen LogP contribution in [-0.4, -0.2) is 49.3 Å². The van der Waals surface area contributed by atoms with Crippen molar-refractivity contribution in [2.24, 2.45) is 4.99 Å². The summed E-state index contributed by atoms with van der Waals surface area (Å²) in [7, 11) is 1.74. The van der Waals surface area contributed by atoms with Crippen LogP contribution in [0.4, 0.5) is 0 Å². The summed E-state index contributed by atoms with van der Waals surface area (Å²) < 4.78 is 11.1. The van der Waals surface area contributed by atoms with Gasteiger partial charge in [-0.2, -0.15) is 0 Å². The smallest absolute Gasteiger partial charge is 0.191 e. The van der Waals surface area contributed by atoms with Crippen molar-refractivity contribution in [3.05, 3.63) is 47.3 Å². The minimum Gasteiger partial charge on any atom is -0.496 e. The van der Waals surface area contributed by atoms with Gasteiger partial charge in [0.1, 0.15) is 12.3 Å². The van der Waals surface area contributed by atoms with Crippen molar-refractivity contribution in [2.45, 2.75) is 52.1 Å². The van der Waals surface area contributed by atoms with Gasteiger partial charge in [-0.25, -0.2) is 4.99 Å². The molecule has 7 nitrogen and oxygen atoms in total. The minimum absolute atomic E-state index is 0.227. The van der Waals surface area contributed by atoms with E-state index in [1.807, 2.05) is 18.2 Å². The molecule has 2 aromatic rings. The predicted octanol–water partition coefficient (Wildman–Crippen LogP) is 3.70. The summed E-state index contributed by atoms with van der Waals surface area (Å²) in [6, 6.07) is 10.5. The van der Waals surface area contributed by atoms with Crippen molar-refractivity contribution >= 4 is 5.96 Å². The number of guanidine groups is 1. The number of aromatic nitrogens is 1. The molecule has 1 aliphatic heterocycles. The fraction of sp³-hybridized carbons (Fsp3) is 0.565. The molecule has 0 amide bonds. The Balaban J connectivity index is 1.72. The number of methoxy groups -OCH3 is 1. The molecule has 0 bridgehead atoms. The van der Waals surface area contributed by atoms with Crippen molar-refractivity contribution < 1.29 is 9.26 Å². The molecule has 2 N–H and O–H groups in total. The van der Waals surface area contributed by atoms with Crippen LogP contribution in [0.2, 0.25) is 0 Å². The lowest BCUT2D eigenvalue weighted by Gasteiger charge is -2.30. The van der Waals surface area contributed by atoms with Gasteiger partial charge in [-0.3, -0.25) is 4.90 Å².